The second kappa shape index (κ2) is 6.43. The Morgan fingerprint density at radius 1 is 0.765 bits per heavy atom. The summed E-state index contributed by atoms with van der Waals surface area (Å²) in [7, 11) is 9.78. The molecule has 0 amide bonds. The molecule has 1 aliphatic carbocycles. The van der Waals surface area contributed by atoms with Gasteiger partial charge in [-0.1, -0.05) is 11.6 Å². The first-order valence-corrected chi connectivity index (χ1v) is 9.83. The van der Waals surface area contributed by atoms with E-state index < -0.39 is 17.0 Å². The van der Waals surface area contributed by atoms with Gasteiger partial charge >= 0.3 is 35.6 Å². The van der Waals surface area contributed by atoms with E-state index >= 15 is 0 Å². The Morgan fingerprint density at radius 2 is 1.18 bits per heavy atom. The molecule has 1 radical (unpaired) electrons. The topological polar surface area (TPSA) is 0 Å². The Kier molecular flexibility index (Phi) is 5.79. The summed E-state index contributed by atoms with van der Waals surface area (Å²) in [5.74, 6) is 0. The van der Waals surface area contributed by atoms with Gasteiger partial charge in [0.15, 0.2) is 0 Å². The fraction of sp³-hybridized carbons (Fsp3) is 0.357. The van der Waals surface area contributed by atoms with Crippen LogP contribution in [0.4, 0.5) is 0 Å². The maximum atomic E-state index is 4.89. The Labute approximate surface area is 121 Å². The molecule has 0 aliphatic heterocycles. The molecule has 0 aromatic heterocycles. The average molecular weight is 304 g/mol. The quantitative estimate of drug-likeness (QED) is 0.573. The summed E-state index contributed by atoms with van der Waals surface area (Å²) in [5.41, 5.74) is 10.0. The van der Waals surface area contributed by atoms with Crippen LogP contribution in [0.5, 0.6) is 0 Å². The molecule has 1 aliphatic rings. The van der Waals surface area contributed by atoms with Gasteiger partial charge in [0.2, 0.25) is 0 Å². The molecule has 0 nitrogen and oxygen atoms in total. The van der Waals surface area contributed by atoms with E-state index in [4.69, 9.17) is 18.6 Å². The SMILES string of the molecule is CC1=Cc2c(C)c(C)c(C)c(C)c2[CH]1.[Cl][Ti][Cl]. The fourth-order valence-corrected chi connectivity index (χ4v) is 2.24. The van der Waals surface area contributed by atoms with Crippen molar-refractivity contribution in [1.82, 2.24) is 0 Å². The normalized spacial score (nSPS) is 12.5. The molecular formula is C14H17Cl2Ti. The van der Waals surface area contributed by atoms with Crippen LogP contribution in [0, 0.1) is 34.1 Å². The van der Waals surface area contributed by atoms with E-state index in [1.165, 1.54) is 39.0 Å². The van der Waals surface area contributed by atoms with Crippen LogP contribution in [0.15, 0.2) is 5.57 Å². The van der Waals surface area contributed by atoms with Gasteiger partial charge in [-0.3, -0.25) is 0 Å². The van der Waals surface area contributed by atoms with E-state index in [2.05, 4.69) is 47.1 Å². The molecule has 0 heterocycles. The third-order valence-corrected chi connectivity index (χ3v) is 3.53. The molecule has 0 bridgehead atoms. The Morgan fingerprint density at radius 3 is 1.65 bits per heavy atom. The number of benzene rings is 1. The summed E-state index contributed by atoms with van der Waals surface area (Å²) in [4.78, 5) is 0. The van der Waals surface area contributed by atoms with Crippen LogP contribution in [0.1, 0.15) is 40.3 Å². The zero-order valence-electron chi connectivity index (χ0n) is 10.9. The predicted molar refractivity (Wildman–Crippen MR) is 74.1 cm³/mol. The Hall–Kier alpha value is 0.254. The zero-order chi connectivity index (χ0) is 13.2. The third-order valence-electron chi connectivity index (χ3n) is 3.53. The number of fused-ring (bicyclic) bond motifs is 1. The Bertz CT molecular complexity index is 462. The first kappa shape index (κ1) is 15.3. The molecule has 1 aromatic carbocycles. The second-order valence-corrected chi connectivity index (χ2v) is 7.01. The van der Waals surface area contributed by atoms with Crippen LogP contribution in [0.3, 0.4) is 0 Å². The number of allylic oxidation sites excluding steroid dienone is 1. The van der Waals surface area contributed by atoms with Crippen molar-refractivity contribution >= 4 is 24.7 Å². The molecule has 3 heteroatoms. The van der Waals surface area contributed by atoms with E-state index in [1.807, 2.05) is 0 Å². The van der Waals surface area contributed by atoms with Crippen molar-refractivity contribution in [2.24, 2.45) is 0 Å². The summed E-state index contributed by atoms with van der Waals surface area (Å²) in [5, 5.41) is 0. The van der Waals surface area contributed by atoms with Crippen LogP contribution in [0.2, 0.25) is 0 Å². The predicted octanol–water partition coefficient (Wildman–Crippen LogP) is 5.27. The second-order valence-electron chi connectivity index (χ2n) is 4.43. The van der Waals surface area contributed by atoms with Gasteiger partial charge in [0.1, 0.15) is 0 Å². The van der Waals surface area contributed by atoms with Gasteiger partial charge in [-0.05, 0) is 68.0 Å². The first-order valence-electron chi connectivity index (χ1n) is 5.53. The van der Waals surface area contributed by atoms with Crippen LogP contribution >= 0.6 is 18.6 Å². The average Bonchev–Trinajstić information content (AvgIpc) is 2.67. The van der Waals surface area contributed by atoms with E-state index in [0.29, 0.717) is 0 Å². The monoisotopic (exact) mass is 303 g/mol. The number of hydrogen-bond acceptors (Lipinski definition) is 0. The van der Waals surface area contributed by atoms with Crippen molar-refractivity contribution in [2.75, 3.05) is 0 Å². The van der Waals surface area contributed by atoms with Gasteiger partial charge in [0.05, 0.1) is 0 Å². The summed E-state index contributed by atoms with van der Waals surface area (Å²) >= 11 is -0.556. The molecule has 1 aromatic rings. The van der Waals surface area contributed by atoms with E-state index in [-0.39, 0.29) is 0 Å². The molecule has 0 saturated carbocycles. The molecule has 0 atom stereocenters. The van der Waals surface area contributed by atoms with Crippen molar-refractivity contribution in [3.8, 4) is 0 Å². The molecule has 0 spiro atoms. The summed E-state index contributed by atoms with van der Waals surface area (Å²) in [6, 6.07) is 0. The molecule has 17 heavy (non-hydrogen) atoms. The van der Waals surface area contributed by atoms with Crippen LogP contribution in [-0.2, 0) is 17.0 Å². The zero-order valence-corrected chi connectivity index (χ0v) is 14.0. The van der Waals surface area contributed by atoms with Crippen molar-refractivity contribution < 1.29 is 17.0 Å². The van der Waals surface area contributed by atoms with E-state index in [1.54, 1.807) is 0 Å². The van der Waals surface area contributed by atoms with Gasteiger partial charge in [0, 0.05) is 6.42 Å². The van der Waals surface area contributed by atoms with Gasteiger partial charge in [-0.15, -0.1) is 0 Å². The van der Waals surface area contributed by atoms with E-state index in [0.717, 1.165) is 0 Å². The first-order chi connectivity index (χ1) is 7.93. The van der Waals surface area contributed by atoms with Gasteiger partial charge < -0.3 is 0 Å². The summed E-state index contributed by atoms with van der Waals surface area (Å²) in [6.07, 6.45) is 4.59. The molecule has 0 unspecified atom stereocenters. The van der Waals surface area contributed by atoms with Gasteiger partial charge in [0.25, 0.3) is 0 Å². The van der Waals surface area contributed by atoms with Gasteiger partial charge in [-0.25, -0.2) is 0 Å². The standard InChI is InChI=1S/C14H17.2ClH.Ti/c1-8-6-13-11(4)9(2)10(3)12(5)14(13)7-8;;;/h6-7H,1-5H3;2*1H;/q;;;+2/p-2. The third kappa shape index (κ3) is 3.17. The molecule has 0 fully saturated rings. The van der Waals surface area contributed by atoms with Crippen LogP contribution in [0.25, 0.3) is 6.08 Å². The molecule has 0 saturated heterocycles. The van der Waals surface area contributed by atoms with Gasteiger partial charge in [-0.2, -0.15) is 0 Å². The van der Waals surface area contributed by atoms with Crippen molar-refractivity contribution in [1.29, 1.82) is 0 Å². The van der Waals surface area contributed by atoms with Crippen LogP contribution in [-0.4, -0.2) is 0 Å². The number of halogens is 2. The van der Waals surface area contributed by atoms with E-state index in [9.17, 15) is 0 Å². The minimum absolute atomic E-state index is 0.556. The molecular weight excluding hydrogens is 287 g/mol. The summed E-state index contributed by atoms with van der Waals surface area (Å²) < 4.78 is 0. The molecule has 91 valence electrons. The minimum atomic E-state index is -0.556. The van der Waals surface area contributed by atoms with Crippen molar-refractivity contribution in [3.05, 3.63) is 45.4 Å². The molecule has 2 rings (SSSR count). The number of hydrogen-bond donors (Lipinski definition) is 0. The fourth-order valence-electron chi connectivity index (χ4n) is 2.24. The summed E-state index contributed by atoms with van der Waals surface area (Å²) in [6.45, 7) is 11.1. The number of rotatable bonds is 0. The Balaban J connectivity index is 0.000000437. The van der Waals surface area contributed by atoms with Crippen LogP contribution < -0.4 is 0 Å². The van der Waals surface area contributed by atoms with Crippen molar-refractivity contribution in [2.45, 2.75) is 34.6 Å². The maximum absolute atomic E-state index is 4.89. The van der Waals surface area contributed by atoms with Crippen molar-refractivity contribution in [3.63, 3.8) is 0 Å². The molecule has 0 N–H and O–H groups in total.